The zero-order valence-electron chi connectivity index (χ0n) is 20.9. The molecule has 1 aliphatic heterocycles. The van der Waals surface area contributed by atoms with Gasteiger partial charge in [-0.15, -0.1) is 0 Å². The number of carbonyl (C=O) groups is 2. The first-order valence-electron chi connectivity index (χ1n) is 12.4. The van der Waals surface area contributed by atoms with Crippen LogP contribution in [0.3, 0.4) is 0 Å². The Bertz CT molecular complexity index is 1440. The molecular weight excluding hydrogens is 494 g/mol. The van der Waals surface area contributed by atoms with E-state index in [1.54, 1.807) is 36.1 Å². The van der Waals surface area contributed by atoms with Crippen LogP contribution in [0.1, 0.15) is 39.3 Å². The van der Waals surface area contributed by atoms with Gasteiger partial charge in [0, 0.05) is 5.69 Å². The quantitative estimate of drug-likeness (QED) is 0.180. The van der Waals surface area contributed by atoms with Crippen molar-refractivity contribution in [1.29, 1.82) is 0 Å². The summed E-state index contributed by atoms with van der Waals surface area (Å²) in [6.45, 7) is 2.56. The van der Waals surface area contributed by atoms with Crippen molar-refractivity contribution in [2.75, 3.05) is 11.5 Å². The van der Waals surface area contributed by atoms with Gasteiger partial charge in [-0.3, -0.25) is 9.69 Å². The van der Waals surface area contributed by atoms with Crippen LogP contribution in [0.25, 0.3) is 6.08 Å². The average Bonchev–Trinajstić information content (AvgIpc) is 3.29. The molecule has 0 aliphatic carbocycles. The zero-order chi connectivity index (χ0) is 26.3. The predicted octanol–water partition coefficient (Wildman–Crippen LogP) is 7.26. The molecule has 0 radical (unpaired) electrons. The van der Waals surface area contributed by atoms with Crippen molar-refractivity contribution in [3.05, 3.63) is 136 Å². The van der Waals surface area contributed by atoms with E-state index in [0.29, 0.717) is 29.4 Å². The van der Waals surface area contributed by atoms with E-state index < -0.39 is 0 Å². The number of benzene rings is 4. The topological polar surface area (TPSA) is 55.8 Å². The second-order valence-corrected chi connectivity index (χ2v) is 9.80. The van der Waals surface area contributed by atoms with Gasteiger partial charge in [0.05, 0.1) is 17.1 Å². The molecule has 1 saturated heterocycles. The van der Waals surface area contributed by atoms with Crippen LogP contribution in [-0.4, -0.2) is 18.5 Å². The lowest BCUT2D eigenvalue weighted by molar-refractivity contribution is -0.114. The Balaban J connectivity index is 1.41. The Morgan fingerprint density at radius 1 is 0.895 bits per heavy atom. The van der Waals surface area contributed by atoms with E-state index in [4.69, 9.17) is 9.47 Å². The molecule has 1 amide bonds. The van der Waals surface area contributed by atoms with Crippen LogP contribution in [0, 0.1) is 0 Å². The van der Waals surface area contributed by atoms with Gasteiger partial charge < -0.3 is 9.47 Å². The number of rotatable bonds is 8. The molecule has 4 aromatic rings. The summed E-state index contributed by atoms with van der Waals surface area (Å²) in [5.74, 6) is 0.267. The second-order valence-electron chi connectivity index (χ2n) is 8.68. The van der Waals surface area contributed by atoms with Crippen molar-refractivity contribution in [1.82, 2.24) is 0 Å². The van der Waals surface area contributed by atoms with Crippen molar-refractivity contribution in [2.24, 2.45) is 0 Å². The monoisotopic (exact) mass is 521 g/mol. The Morgan fingerprint density at radius 2 is 1.61 bits per heavy atom. The standard InChI is InChI=1S/C32H27NO4S/c1-2-36-32(35)26-16-18-27(19-17-26)33-30(34)29(38-31(33)25-13-7-4-8-14-25)21-24-12-9-15-28(20-24)37-22-23-10-5-3-6-11-23/h3-21,31H,2,22H2,1H3/b29-21-. The first kappa shape index (κ1) is 25.4. The van der Waals surface area contributed by atoms with Crippen molar-refractivity contribution in [3.63, 3.8) is 0 Å². The summed E-state index contributed by atoms with van der Waals surface area (Å²) in [5.41, 5.74) is 4.16. The third-order valence-corrected chi connectivity index (χ3v) is 7.30. The smallest absolute Gasteiger partial charge is 0.338 e. The van der Waals surface area contributed by atoms with Crippen LogP contribution in [0.5, 0.6) is 5.75 Å². The van der Waals surface area contributed by atoms with Crippen LogP contribution in [0.2, 0.25) is 0 Å². The highest BCUT2D eigenvalue weighted by atomic mass is 32.2. The molecule has 38 heavy (non-hydrogen) atoms. The van der Waals surface area contributed by atoms with Gasteiger partial charge in [-0.25, -0.2) is 4.79 Å². The van der Waals surface area contributed by atoms with Crippen molar-refractivity contribution < 1.29 is 19.1 Å². The zero-order valence-corrected chi connectivity index (χ0v) is 21.8. The van der Waals surface area contributed by atoms with E-state index in [9.17, 15) is 9.59 Å². The van der Waals surface area contributed by atoms with Crippen molar-refractivity contribution in [2.45, 2.75) is 18.9 Å². The minimum atomic E-state index is -0.379. The van der Waals surface area contributed by atoms with E-state index in [0.717, 1.165) is 22.4 Å². The fraction of sp³-hybridized carbons (Fsp3) is 0.125. The predicted molar refractivity (Wildman–Crippen MR) is 152 cm³/mol. The summed E-state index contributed by atoms with van der Waals surface area (Å²) in [4.78, 5) is 28.2. The normalized spacial score (nSPS) is 16.0. The van der Waals surface area contributed by atoms with Crippen LogP contribution >= 0.6 is 11.8 Å². The molecule has 6 heteroatoms. The van der Waals surface area contributed by atoms with Crippen molar-refractivity contribution in [3.8, 4) is 5.75 Å². The summed E-state index contributed by atoms with van der Waals surface area (Å²) >= 11 is 1.51. The SMILES string of the molecule is CCOC(=O)c1ccc(N2C(=O)/C(=C/c3cccc(OCc4ccccc4)c3)SC2c2ccccc2)cc1. The Hall–Kier alpha value is -4.29. The summed E-state index contributed by atoms with van der Waals surface area (Å²) in [5, 5.41) is -0.235. The van der Waals surface area contributed by atoms with E-state index in [1.807, 2.05) is 91.0 Å². The summed E-state index contributed by atoms with van der Waals surface area (Å²) in [7, 11) is 0. The molecule has 0 N–H and O–H groups in total. The molecule has 1 aliphatic rings. The largest absolute Gasteiger partial charge is 0.489 e. The number of carbonyl (C=O) groups excluding carboxylic acids is 2. The van der Waals surface area contributed by atoms with Gasteiger partial charge in [0.15, 0.2) is 0 Å². The fourth-order valence-electron chi connectivity index (χ4n) is 4.19. The molecule has 1 fully saturated rings. The Morgan fingerprint density at radius 3 is 2.32 bits per heavy atom. The molecule has 1 unspecified atom stereocenters. The molecule has 5 rings (SSSR count). The number of hydrogen-bond acceptors (Lipinski definition) is 5. The molecule has 1 heterocycles. The van der Waals surface area contributed by atoms with E-state index in [2.05, 4.69) is 0 Å². The molecule has 0 aromatic heterocycles. The molecule has 190 valence electrons. The highest BCUT2D eigenvalue weighted by molar-refractivity contribution is 8.05. The van der Waals surface area contributed by atoms with E-state index >= 15 is 0 Å². The molecule has 0 spiro atoms. The summed E-state index contributed by atoms with van der Waals surface area (Å²) in [6.07, 6.45) is 1.91. The fourth-order valence-corrected chi connectivity index (χ4v) is 5.45. The lowest BCUT2D eigenvalue weighted by Gasteiger charge is -2.24. The third kappa shape index (κ3) is 5.82. The molecule has 4 aromatic carbocycles. The molecule has 0 saturated carbocycles. The molecule has 5 nitrogen and oxygen atoms in total. The average molecular weight is 522 g/mol. The highest BCUT2D eigenvalue weighted by Crippen LogP contribution is 2.48. The number of thioether (sulfide) groups is 1. The number of nitrogens with zero attached hydrogens (tertiary/aromatic N) is 1. The van der Waals surface area contributed by atoms with Crippen LogP contribution in [0.15, 0.2) is 114 Å². The Kier molecular flexibility index (Phi) is 7.90. The van der Waals surface area contributed by atoms with Gasteiger partial charge >= 0.3 is 5.97 Å². The van der Waals surface area contributed by atoms with Crippen molar-refractivity contribution >= 4 is 35.4 Å². The number of anilines is 1. The molecular formula is C32H27NO4S. The molecule has 0 bridgehead atoms. The summed E-state index contributed by atoms with van der Waals surface area (Å²) < 4.78 is 11.1. The third-order valence-electron chi connectivity index (χ3n) is 6.05. The summed E-state index contributed by atoms with van der Waals surface area (Å²) in [6, 6.07) is 34.7. The van der Waals surface area contributed by atoms with Crippen LogP contribution in [-0.2, 0) is 16.1 Å². The van der Waals surface area contributed by atoms with E-state index in [1.165, 1.54) is 11.8 Å². The first-order chi connectivity index (χ1) is 18.6. The number of ether oxygens (including phenoxy) is 2. The Labute approximate surface area is 226 Å². The van der Waals surface area contributed by atoms with Gasteiger partial charge in [-0.05, 0) is 66.1 Å². The minimum Gasteiger partial charge on any atom is -0.489 e. The van der Waals surface area contributed by atoms with Gasteiger partial charge in [0.2, 0.25) is 0 Å². The van der Waals surface area contributed by atoms with Gasteiger partial charge in [0.1, 0.15) is 17.7 Å². The minimum absolute atomic E-state index is 0.0941. The number of hydrogen-bond donors (Lipinski definition) is 0. The van der Waals surface area contributed by atoms with E-state index in [-0.39, 0.29) is 17.3 Å². The number of amides is 1. The lowest BCUT2D eigenvalue weighted by atomic mass is 10.1. The molecule has 1 atom stereocenters. The first-order valence-corrected chi connectivity index (χ1v) is 13.3. The van der Waals surface area contributed by atoms with Crippen LogP contribution < -0.4 is 9.64 Å². The van der Waals surface area contributed by atoms with Crippen LogP contribution in [0.4, 0.5) is 5.69 Å². The highest BCUT2D eigenvalue weighted by Gasteiger charge is 2.38. The maximum Gasteiger partial charge on any atom is 0.338 e. The van der Waals surface area contributed by atoms with Gasteiger partial charge in [-0.1, -0.05) is 84.6 Å². The van der Waals surface area contributed by atoms with Gasteiger partial charge in [0.25, 0.3) is 5.91 Å². The second kappa shape index (κ2) is 11.8. The van der Waals surface area contributed by atoms with Gasteiger partial charge in [-0.2, -0.15) is 0 Å². The maximum atomic E-state index is 13.7. The number of esters is 1. The maximum absolute atomic E-state index is 13.7. The lowest BCUT2D eigenvalue weighted by Crippen LogP contribution is -2.27.